The maximum absolute atomic E-state index is 13.4. The van der Waals surface area contributed by atoms with Crippen LogP contribution in [0.2, 0.25) is 0 Å². The SMILES string of the molecule is CCCOc1c(I)cc(/C=C2/SC(=S)N(c3cccc4ccccc34)C2=O)cc1OCC. The maximum atomic E-state index is 13.4. The summed E-state index contributed by atoms with van der Waals surface area (Å²) in [5, 5.41) is 2.07. The zero-order chi connectivity index (χ0) is 22.7. The van der Waals surface area contributed by atoms with E-state index >= 15 is 0 Å². The Kier molecular flexibility index (Phi) is 7.37. The first-order valence-corrected chi connectivity index (χ1v) is 12.7. The lowest BCUT2D eigenvalue weighted by atomic mass is 10.1. The van der Waals surface area contributed by atoms with Gasteiger partial charge in [-0.3, -0.25) is 9.69 Å². The Labute approximate surface area is 211 Å². The Morgan fingerprint density at radius 2 is 1.88 bits per heavy atom. The van der Waals surface area contributed by atoms with Gasteiger partial charge in [0.2, 0.25) is 0 Å². The number of thioether (sulfide) groups is 1. The normalized spacial score (nSPS) is 15.1. The minimum absolute atomic E-state index is 0.115. The van der Waals surface area contributed by atoms with Crippen molar-refractivity contribution in [3.05, 3.63) is 68.6 Å². The fourth-order valence-electron chi connectivity index (χ4n) is 3.51. The van der Waals surface area contributed by atoms with Gasteiger partial charge in [0, 0.05) is 5.39 Å². The number of carbonyl (C=O) groups excluding carboxylic acids is 1. The Balaban J connectivity index is 1.70. The molecule has 4 rings (SSSR count). The smallest absolute Gasteiger partial charge is 0.270 e. The molecule has 3 aromatic rings. The molecule has 0 radical (unpaired) electrons. The van der Waals surface area contributed by atoms with Crippen LogP contribution < -0.4 is 14.4 Å². The second kappa shape index (κ2) is 10.2. The minimum atomic E-state index is -0.115. The molecule has 1 aliphatic heterocycles. The molecule has 1 saturated heterocycles. The van der Waals surface area contributed by atoms with Crippen molar-refractivity contribution in [1.29, 1.82) is 0 Å². The molecule has 0 aliphatic carbocycles. The second-order valence-corrected chi connectivity index (χ2v) is 9.96. The molecule has 4 nitrogen and oxygen atoms in total. The molecule has 0 spiro atoms. The van der Waals surface area contributed by atoms with Crippen molar-refractivity contribution in [1.82, 2.24) is 0 Å². The van der Waals surface area contributed by atoms with Crippen molar-refractivity contribution < 1.29 is 14.3 Å². The first-order chi connectivity index (χ1) is 15.5. The van der Waals surface area contributed by atoms with Gasteiger partial charge in [-0.15, -0.1) is 0 Å². The quantitative estimate of drug-likeness (QED) is 0.172. The van der Waals surface area contributed by atoms with E-state index in [1.54, 1.807) is 4.90 Å². The Morgan fingerprint density at radius 1 is 1.09 bits per heavy atom. The highest BCUT2D eigenvalue weighted by Gasteiger charge is 2.34. The summed E-state index contributed by atoms with van der Waals surface area (Å²) in [7, 11) is 0. The van der Waals surface area contributed by atoms with Crippen LogP contribution in [-0.2, 0) is 4.79 Å². The molecule has 7 heteroatoms. The molecule has 1 amide bonds. The van der Waals surface area contributed by atoms with Crippen molar-refractivity contribution in [2.24, 2.45) is 0 Å². The van der Waals surface area contributed by atoms with Crippen molar-refractivity contribution in [3.8, 4) is 11.5 Å². The summed E-state index contributed by atoms with van der Waals surface area (Å²) in [4.78, 5) is 15.6. The predicted octanol–water partition coefficient (Wildman–Crippen LogP) is 7.04. The molecule has 32 heavy (non-hydrogen) atoms. The lowest BCUT2D eigenvalue weighted by molar-refractivity contribution is -0.113. The first-order valence-electron chi connectivity index (χ1n) is 10.4. The molecule has 1 fully saturated rings. The van der Waals surface area contributed by atoms with Crippen LogP contribution in [0.25, 0.3) is 16.8 Å². The van der Waals surface area contributed by atoms with E-state index in [0.29, 0.717) is 28.2 Å². The number of amides is 1. The van der Waals surface area contributed by atoms with Crippen molar-refractivity contribution in [3.63, 3.8) is 0 Å². The third-order valence-electron chi connectivity index (χ3n) is 4.88. The van der Waals surface area contributed by atoms with E-state index in [1.807, 2.05) is 67.6 Å². The molecule has 1 aliphatic rings. The summed E-state index contributed by atoms with van der Waals surface area (Å²) < 4.78 is 13.2. The fraction of sp³-hybridized carbons (Fsp3) is 0.200. The number of thiocarbonyl (C=S) groups is 1. The van der Waals surface area contributed by atoms with E-state index in [2.05, 4.69) is 29.5 Å². The average Bonchev–Trinajstić information content (AvgIpc) is 3.05. The van der Waals surface area contributed by atoms with Crippen LogP contribution in [0.5, 0.6) is 11.5 Å². The zero-order valence-corrected chi connectivity index (χ0v) is 21.6. The molecule has 0 atom stereocenters. The van der Waals surface area contributed by atoms with Gasteiger partial charge in [0.15, 0.2) is 15.8 Å². The van der Waals surface area contributed by atoms with E-state index in [9.17, 15) is 4.79 Å². The summed E-state index contributed by atoms with van der Waals surface area (Å²) >= 11 is 9.16. The summed E-state index contributed by atoms with van der Waals surface area (Å²) in [6, 6.07) is 17.8. The number of hydrogen-bond acceptors (Lipinski definition) is 5. The molecule has 0 N–H and O–H groups in total. The topological polar surface area (TPSA) is 38.8 Å². The van der Waals surface area contributed by atoms with Gasteiger partial charge < -0.3 is 9.47 Å². The zero-order valence-electron chi connectivity index (χ0n) is 17.8. The van der Waals surface area contributed by atoms with Crippen LogP contribution in [0.4, 0.5) is 5.69 Å². The van der Waals surface area contributed by atoms with Crippen LogP contribution in [0.1, 0.15) is 25.8 Å². The number of fused-ring (bicyclic) bond motifs is 1. The van der Waals surface area contributed by atoms with Crippen LogP contribution in [-0.4, -0.2) is 23.4 Å². The van der Waals surface area contributed by atoms with E-state index in [0.717, 1.165) is 37.8 Å². The summed E-state index contributed by atoms with van der Waals surface area (Å²) in [5.41, 5.74) is 1.68. The summed E-state index contributed by atoms with van der Waals surface area (Å²) in [6.45, 7) is 5.17. The monoisotopic (exact) mass is 575 g/mol. The number of benzene rings is 3. The number of hydrogen-bond donors (Lipinski definition) is 0. The van der Waals surface area contributed by atoms with E-state index < -0.39 is 0 Å². The molecule has 0 aromatic heterocycles. The number of anilines is 1. The molecule has 3 aromatic carbocycles. The predicted molar refractivity (Wildman–Crippen MR) is 146 cm³/mol. The molecule has 164 valence electrons. The molecule has 0 unspecified atom stereocenters. The average molecular weight is 575 g/mol. The second-order valence-electron chi connectivity index (χ2n) is 7.13. The van der Waals surface area contributed by atoms with Gasteiger partial charge in [-0.25, -0.2) is 0 Å². The van der Waals surface area contributed by atoms with Crippen LogP contribution in [0.15, 0.2) is 59.5 Å². The Bertz CT molecular complexity index is 1220. The fourth-order valence-corrected chi connectivity index (χ4v) is 5.57. The number of carbonyl (C=O) groups is 1. The van der Waals surface area contributed by atoms with Crippen LogP contribution in [0.3, 0.4) is 0 Å². The van der Waals surface area contributed by atoms with Crippen molar-refractivity contribution in [2.45, 2.75) is 20.3 Å². The number of ether oxygens (including phenoxy) is 2. The Hall–Kier alpha value is -2.10. The Morgan fingerprint density at radius 3 is 2.66 bits per heavy atom. The van der Waals surface area contributed by atoms with Crippen molar-refractivity contribution >= 4 is 79.3 Å². The summed E-state index contributed by atoms with van der Waals surface area (Å²) in [6.07, 6.45) is 2.79. The van der Waals surface area contributed by atoms with Gasteiger partial charge >= 0.3 is 0 Å². The van der Waals surface area contributed by atoms with E-state index in [4.69, 9.17) is 21.7 Å². The van der Waals surface area contributed by atoms with Gasteiger partial charge in [-0.2, -0.15) is 0 Å². The van der Waals surface area contributed by atoms with Gasteiger partial charge in [-0.05, 0) is 71.2 Å². The largest absolute Gasteiger partial charge is 0.490 e. The molecule has 0 saturated carbocycles. The van der Waals surface area contributed by atoms with E-state index in [1.165, 1.54) is 11.8 Å². The van der Waals surface area contributed by atoms with Crippen LogP contribution in [0, 0.1) is 3.57 Å². The molecule has 0 bridgehead atoms. The lowest BCUT2D eigenvalue weighted by Crippen LogP contribution is -2.27. The van der Waals surface area contributed by atoms with Crippen molar-refractivity contribution in [2.75, 3.05) is 18.1 Å². The molecule has 1 heterocycles. The third-order valence-corrected chi connectivity index (χ3v) is 6.98. The molecular formula is C25H22INO3S2. The highest BCUT2D eigenvalue weighted by molar-refractivity contribution is 14.1. The van der Waals surface area contributed by atoms with Gasteiger partial charge in [0.25, 0.3) is 5.91 Å². The minimum Gasteiger partial charge on any atom is -0.490 e. The maximum Gasteiger partial charge on any atom is 0.270 e. The molecular weight excluding hydrogens is 553 g/mol. The van der Waals surface area contributed by atoms with Crippen LogP contribution >= 0.6 is 46.6 Å². The van der Waals surface area contributed by atoms with Gasteiger partial charge in [0.05, 0.1) is 27.4 Å². The number of rotatable bonds is 7. The highest BCUT2D eigenvalue weighted by Crippen LogP contribution is 2.40. The third kappa shape index (κ3) is 4.65. The first kappa shape index (κ1) is 23.1. The number of nitrogens with zero attached hydrogens (tertiary/aromatic N) is 1. The standard InChI is InChI=1S/C25H22INO3S2/c1-3-12-30-23-19(26)13-16(14-21(23)29-4-2)15-22-24(28)27(25(31)32-22)20-11-7-9-17-8-5-6-10-18(17)20/h5-11,13-15H,3-4,12H2,1-2H3/b22-15+. The summed E-state index contributed by atoms with van der Waals surface area (Å²) in [5.74, 6) is 1.31. The van der Waals surface area contributed by atoms with Gasteiger partial charge in [-0.1, -0.05) is 67.3 Å². The van der Waals surface area contributed by atoms with Gasteiger partial charge in [0.1, 0.15) is 0 Å². The van der Waals surface area contributed by atoms with E-state index in [-0.39, 0.29) is 5.91 Å². The highest BCUT2D eigenvalue weighted by atomic mass is 127. The lowest BCUT2D eigenvalue weighted by Gasteiger charge is -2.17. The number of halogens is 1.